The van der Waals surface area contributed by atoms with Gasteiger partial charge < -0.3 is 10.2 Å². The molecule has 3 rings (SSSR count). The monoisotopic (exact) mass is 310 g/mol. The van der Waals surface area contributed by atoms with E-state index in [4.69, 9.17) is 0 Å². The van der Waals surface area contributed by atoms with E-state index in [-0.39, 0.29) is 22.7 Å². The van der Waals surface area contributed by atoms with Crippen molar-refractivity contribution in [3.63, 3.8) is 0 Å². The van der Waals surface area contributed by atoms with Crippen molar-refractivity contribution in [2.75, 3.05) is 12.3 Å². The quantitative estimate of drug-likeness (QED) is 0.794. The lowest BCUT2D eigenvalue weighted by Crippen LogP contribution is -2.50. The van der Waals surface area contributed by atoms with Crippen molar-refractivity contribution < 1.29 is 9.59 Å². The maximum atomic E-state index is 12.4. The molecule has 0 radical (unpaired) electrons. The van der Waals surface area contributed by atoms with Crippen LogP contribution in [0.15, 0.2) is 0 Å². The zero-order valence-corrected chi connectivity index (χ0v) is 13.7. The van der Waals surface area contributed by atoms with E-state index in [2.05, 4.69) is 12.2 Å². The molecule has 3 aliphatic rings. The summed E-state index contributed by atoms with van der Waals surface area (Å²) in [5.74, 6) is 1.82. The van der Waals surface area contributed by atoms with Gasteiger partial charge in [0.1, 0.15) is 6.04 Å². The Kier molecular flexibility index (Phi) is 4.48. The third kappa shape index (κ3) is 3.08. The minimum absolute atomic E-state index is 0.0490. The lowest BCUT2D eigenvalue weighted by Gasteiger charge is -2.29. The van der Waals surface area contributed by atoms with Gasteiger partial charge in [-0.05, 0) is 32.1 Å². The molecule has 2 atom stereocenters. The average molecular weight is 310 g/mol. The van der Waals surface area contributed by atoms with Crippen molar-refractivity contribution in [1.82, 2.24) is 10.2 Å². The summed E-state index contributed by atoms with van der Waals surface area (Å²) in [7, 11) is 0. The SMILES string of the molecule is CC12CCC(=O)N1C(C(=O)NCCCC1CCCC1)CS2. The van der Waals surface area contributed by atoms with Crippen LogP contribution in [-0.4, -0.2) is 39.9 Å². The van der Waals surface area contributed by atoms with Crippen molar-refractivity contribution in [2.45, 2.75) is 69.2 Å². The van der Waals surface area contributed by atoms with Crippen LogP contribution in [0.5, 0.6) is 0 Å². The number of carbonyl (C=O) groups is 2. The molecule has 2 heterocycles. The average Bonchev–Trinajstić information content (AvgIpc) is 3.14. The Morgan fingerprint density at radius 1 is 1.43 bits per heavy atom. The second kappa shape index (κ2) is 6.19. The molecular weight excluding hydrogens is 284 g/mol. The fraction of sp³-hybridized carbons (Fsp3) is 0.875. The normalized spacial score (nSPS) is 32.7. The minimum atomic E-state index is -0.249. The van der Waals surface area contributed by atoms with Gasteiger partial charge in [0.25, 0.3) is 0 Å². The summed E-state index contributed by atoms with van der Waals surface area (Å²) in [5, 5.41) is 3.05. The van der Waals surface area contributed by atoms with Gasteiger partial charge in [0.2, 0.25) is 11.8 Å². The number of hydrogen-bond acceptors (Lipinski definition) is 3. The summed E-state index contributed by atoms with van der Waals surface area (Å²) >= 11 is 1.76. The highest BCUT2D eigenvalue weighted by molar-refractivity contribution is 8.01. The summed E-state index contributed by atoms with van der Waals surface area (Å²) in [6.07, 6.45) is 9.28. The molecule has 2 amide bonds. The van der Waals surface area contributed by atoms with Crippen LogP contribution in [0.4, 0.5) is 0 Å². The van der Waals surface area contributed by atoms with Gasteiger partial charge >= 0.3 is 0 Å². The van der Waals surface area contributed by atoms with E-state index < -0.39 is 0 Å². The second-order valence-electron chi connectivity index (χ2n) is 6.85. The Morgan fingerprint density at radius 3 is 2.95 bits per heavy atom. The molecule has 0 aromatic carbocycles. The minimum Gasteiger partial charge on any atom is -0.354 e. The van der Waals surface area contributed by atoms with Crippen LogP contribution in [0.2, 0.25) is 0 Å². The van der Waals surface area contributed by atoms with E-state index in [1.807, 2.05) is 4.90 Å². The first-order chi connectivity index (χ1) is 10.1. The smallest absolute Gasteiger partial charge is 0.243 e. The summed E-state index contributed by atoms with van der Waals surface area (Å²) in [6.45, 7) is 2.85. The van der Waals surface area contributed by atoms with Crippen molar-refractivity contribution in [1.29, 1.82) is 0 Å². The molecule has 2 aliphatic heterocycles. The molecule has 5 heteroatoms. The second-order valence-corrected chi connectivity index (χ2v) is 8.35. The molecular formula is C16H26N2O2S. The van der Waals surface area contributed by atoms with E-state index in [0.29, 0.717) is 6.42 Å². The third-order valence-electron chi connectivity index (χ3n) is 5.31. The van der Waals surface area contributed by atoms with Crippen LogP contribution in [0, 0.1) is 5.92 Å². The van der Waals surface area contributed by atoms with Gasteiger partial charge in [0.05, 0.1) is 4.87 Å². The largest absolute Gasteiger partial charge is 0.354 e. The number of hydrogen-bond donors (Lipinski definition) is 1. The van der Waals surface area contributed by atoms with E-state index in [9.17, 15) is 9.59 Å². The zero-order valence-electron chi connectivity index (χ0n) is 12.9. The molecule has 1 aliphatic carbocycles. The Morgan fingerprint density at radius 2 is 2.19 bits per heavy atom. The number of amides is 2. The molecule has 0 aromatic heterocycles. The predicted molar refractivity (Wildman–Crippen MR) is 84.9 cm³/mol. The van der Waals surface area contributed by atoms with Crippen molar-refractivity contribution >= 4 is 23.6 Å². The van der Waals surface area contributed by atoms with Gasteiger partial charge in [-0.15, -0.1) is 11.8 Å². The Labute approximate surface area is 131 Å². The van der Waals surface area contributed by atoms with Crippen molar-refractivity contribution in [3.8, 4) is 0 Å². The van der Waals surface area contributed by atoms with Gasteiger partial charge in [-0.1, -0.05) is 25.7 Å². The standard InChI is InChI=1S/C16H26N2O2S/c1-16-9-8-14(19)18(16)13(11-21-16)15(20)17-10-4-7-12-5-2-3-6-12/h12-13H,2-11H2,1H3,(H,17,20). The Bertz CT molecular complexity index is 423. The fourth-order valence-electron chi connectivity index (χ4n) is 4.03. The molecule has 0 aromatic rings. The van der Waals surface area contributed by atoms with E-state index in [0.717, 1.165) is 31.1 Å². The molecule has 1 saturated carbocycles. The Balaban J connectivity index is 1.44. The lowest BCUT2D eigenvalue weighted by molar-refractivity contribution is -0.137. The fourth-order valence-corrected chi connectivity index (χ4v) is 5.47. The highest BCUT2D eigenvalue weighted by Gasteiger charge is 2.52. The van der Waals surface area contributed by atoms with Crippen LogP contribution in [0.25, 0.3) is 0 Å². The van der Waals surface area contributed by atoms with Gasteiger partial charge in [0, 0.05) is 18.7 Å². The van der Waals surface area contributed by atoms with E-state index in [1.54, 1.807) is 11.8 Å². The highest BCUT2D eigenvalue weighted by atomic mass is 32.2. The zero-order chi connectivity index (χ0) is 14.9. The first-order valence-corrected chi connectivity index (χ1v) is 9.32. The van der Waals surface area contributed by atoms with Gasteiger partial charge in [-0.25, -0.2) is 0 Å². The van der Waals surface area contributed by atoms with Crippen LogP contribution in [-0.2, 0) is 9.59 Å². The maximum Gasteiger partial charge on any atom is 0.243 e. The molecule has 118 valence electrons. The summed E-state index contributed by atoms with van der Waals surface area (Å²) < 4.78 is 0. The maximum absolute atomic E-state index is 12.4. The molecule has 0 spiro atoms. The van der Waals surface area contributed by atoms with Crippen LogP contribution in [0.1, 0.15) is 58.3 Å². The first kappa shape index (κ1) is 15.2. The molecule has 21 heavy (non-hydrogen) atoms. The number of thioether (sulfide) groups is 1. The number of fused-ring (bicyclic) bond motifs is 1. The molecule has 0 bridgehead atoms. The molecule has 2 saturated heterocycles. The predicted octanol–water partition coefficient (Wildman–Crippen LogP) is 2.53. The summed E-state index contributed by atoms with van der Waals surface area (Å²) in [5.41, 5.74) is 0. The number of rotatable bonds is 5. The summed E-state index contributed by atoms with van der Waals surface area (Å²) in [4.78, 5) is 26.1. The van der Waals surface area contributed by atoms with Crippen molar-refractivity contribution in [2.24, 2.45) is 5.92 Å². The molecule has 3 fully saturated rings. The third-order valence-corrected chi connectivity index (χ3v) is 6.82. The highest BCUT2D eigenvalue weighted by Crippen LogP contribution is 2.47. The Hall–Kier alpha value is -0.710. The number of carbonyl (C=O) groups excluding carboxylic acids is 2. The van der Waals surface area contributed by atoms with Crippen molar-refractivity contribution in [3.05, 3.63) is 0 Å². The molecule has 2 unspecified atom stereocenters. The van der Waals surface area contributed by atoms with Crippen LogP contribution < -0.4 is 5.32 Å². The summed E-state index contributed by atoms with van der Waals surface area (Å²) in [6, 6.07) is -0.249. The first-order valence-electron chi connectivity index (χ1n) is 8.34. The number of nitrogens with one attached hydrogen (secondary N) is 1. The topological polar surface area (TPSA) is 49.4 Å². The van der Waals surface area contributed by atoms with E-state index in [1.165, 1.54) is 32.1 Å². The van der Waals surface area contributed by atoms with Crippen LogP contribution >= 0.6 is 11.8 Å². The van der Waals surface area contributed by atoms with Gasteiger partial charge in [-0.2, -0.15) is 0 Å². The van der Waals surface area contributed by atoms with Gasteiger partial charge in [-0.3, -0.25) is 9.59 Å². The number of nitrogens with zero attached hydrogens (tertiary/aromatic N) is 1. The molecule has 1 N–H and O–H groups in total. The molecule has 4 nitrogen and oxygen atoms in total. The lowest BCUT2D eigenvalue weighted by atomic mass is 10.0. The van der Waals surface area contributed by atoms with E-state index >= 15 is 0 Å². The van der Waals surface area contributed by atoms with Gasteiger partial charge in [0.15, 0.2) is 0 Å². The van der Waals surface area contributed by atoms with Crippen LogP contribution in [0.3, 0.4) is 0 Å².